The van der Waals surface area contributed by atoms with Crippen LogP contribution in [-0.4, -0.2) is 24.9 Å². The molecule has 0 aliphatic rings. The maximum absolute atomic E-state index is 11.8. The Morgan fingerprint density at radius 2 is 1.95 bits per heavy atom. The Bertz CT molecular complexity index is 438. The molecule has 0 saturated heterocycles. The van der Waals surface area contributed by atoms with E-state index in [1.165, 1.54) is 0 Å². The lowest BCUT2D eigenvalue weighted by molar-refractivity contribution is -0.117. The van der Waals surface area contributed by atoms with E-state index in [4.69, 9.17) is 5.73 Å². The Balaban J connectivity index is 0.00000324. The highest BCUT2D eigenvalue weighted by Gasteiger charge is 2.15. The second kappa shape index (κ2) is 8.50. The molecule has 6 heteroatoms. The first-order valence-corrected chi connectivity index (χ1v) is 5.97. The lowest BCUT2D eigenvalue weighted by Crippen LogP contribution is -2.36. The molecule has 0 aliphatic heterocycles. The molecule has 106 valence electrons. The fourth-order valence-corrected chi connectivity index (χ4v) is 1.59. The van der Waals surface area contributed by atoms with Gasteiger partial charge < -0.3 is 16.4 Å². The molecule has 0 heterocycles. The average Bonchev–Trinajstić information content (AvgIpc) is 2.38. The molecule has 1 unspecified atom stereocenters. The molecule has 0 bridgehead atoms. The molecular formula is C13H20ClN3O2. The van der Waals surface area contributed by atoms with Crippen molar-refractivity contribution in [2.75, 3.05) is 12.4 Å². The van der Waals surface area contributed by atoms with Gasteiger partial charge in [0.2, 0.25) is 5.91 Å². The number of carbonyl (C=O) groups excluding carboxylic acids is 2. The van der Waals surface area contributed by atoms with Gasteiger partial charge in [-0.3, -0.25) is 9.59 Å². The third-order valence-corrected chi connectivity index (χ3v) is 2.59. The van der Waals surface area contributed by atoms with E-state index in [9.17, 15) is 9.59 Å². The van der Waals surface area contributed by atoms with Gasteiger partial charge in [0, 0.05) is 7.05 Å². The summed E-state index contributed by atoms with van der Waals surface area (Å²) < 4.78 is 0. The SMILES string of the molecule is CCCC(N)C(=O)Nc1ccccc1C(=O)NC.Cl. The van der Waals surface area contributed by atoms with E-state index in [1.807, 2.05) is 6.92 Å². The molecule has 0 saturated carbocycles. The maximum Gasteiger partial charge on any atom is 0.253 e. The van der Waals surface area contributed by atoms with Gasteiger partial charge in [-0.25, -0.2) is 0 Å². The molecule has 1 aromatic rings. The smallest absolute Gasteiger partial charge is 0.253 e. The van der Waals surface area contributed by atoms with E-state index < -0.39 is 6.04 Å². The zero-order chi connectivity index (χ0) is 13.5. The van der Waals surface area contributed by atoms with Gasteiger partial charge in [0.1, 0.15) is 0 Å². The van der Waals surface area contributed by atoms with Gasteiger partial charge in [0.05, 0.1) is 17.3 Å². The van der Waals surface area contributed by atoms with Gasteiger partial charge >= 0.3 is 0 Å². The summed E-state index contributed by atoms with van der Waals surface area (Å²) in [4.78, 5) is 23.4. The highest BCUT2D eigenvalue weighted by atomic mass is 35.5. The van der Waals surface area contributed by atoms with Crippen LogP contribution in [0.15, 0.2) is 24.3 Å². The highest BCUT2D eigenvalue weighted by molar-refractivity contribution is 6.04. The van der Waals surface area contributed by atoms with Crippen molar-refractivity contribution in [2.45, 2.75) is 25.8 Å². The van der Waals surface area contributed by atoms with Crippen LogP contribution in [0.5, 0.6) is 0 Å². The van der Waals surface area contributed by atoms with Gasteiger partial charge in [0.15, 0.2) is 0 Å². The van der Waals surface area contributed by atoms with Crippen LogP contribution in [-0.2, 0) is 4.79 Å². The Morgan fingerprint density at radius 1 is 1.32 bits per heavy atom. The first-order chi connectivity index (χ1) is 8.60. The van der Waals surface area contributed by atoms with Crippen LogP contribution in [0.25, 0.3) is 0 Å². The summed E-state index contributed by atoms with van der Waals surface area (Å²) in [5, 5.41) is 5.21. The summed E-state index contributed by atoms with van der Waals surface area (Å²) in [5.74, 6) is -0.511. The predicted octanol–water partition coefficient (Wildman–Crippen LogP) is 1.53. The number of anilines is 1. The molecule has 0 fully saturated rings. The predicted molar refractivity (Wildman–Crippen MR) is 78.6 cm³/mol. The van der Waals surface area contributed by atoms with Gasteiger partial charge in [-0.05, 0) is 18.6 Å². The number of nitrogens with one attached hydrogen (secondary N) is 2. The Morgan fingerprint density at radius 3 is 2.53 bits per heavy atom. The van der Waals surface area contributed by atoms with E-state index in [1.54, 1.807) is 31.3 Å². The van der Waals surface area contributed by atoms with E-state index >= 15 is 0 Å². The second-order valence-corrected chi connectivity index (χ2v) is 4.01. The number of hydrogen-bond acceptors (Lipinski definition) is 3. The van der Waals surface area contributed by atoms with Crippen LogP contribution >= 0.6 is 12.4 Å². The molecule has 0 aromatic heterocycles. The minimum absolute atomic E-state index is 0. The number of carbonyl (C=O) groups is 2. The average molecular weight is 286 g/mol. The van der Waals surface area contributed by atoms with E-state index in [2.05, 4.69) is 10.6 Å². The molecule has 5 nitrogen and oxygen atoms in total. The van der Waals surface area contributed by atoms with Crippen molar-refractivity contribution in [3.05, 3.63) is 29.8 Å². The van der Waals surface area contributed by atoms with Crippen molar-refractivity contribution in [3.8, 4) is 0 Å². The number of hydrogen-bond donors (Lipinski definition) is 3. The molecule has 0 radical (unpaired) electrons. The van der Waals surface area contributed by atoms with Gasteiger partial charge in [-0.2, -0.15) is 0 Å². The maximum atomic E-state index is 11.8. The van der Waals surface area contributed by atoms with Crippen LogP contribution in [0.3, 0.4) is 0 Å². The third kappa shape index (κ3) is 4.89. The van der Waals surface area contributed by atoms with Crippen LogP contribution in [0.1, 0.15) is 30.1 Å². The van der Waals surface area contributed by atoms with Crippen molar-refractivity contribution >= 4 is 29.9 Å². The van der Waals surface area contributed by atoms with Crippen LogP contribution in [0, 0.1) is 0 Å². The summed E-state index contributed by atoms with van der Waals surface area (Å²) in [6.45, 7) is 1.96. The molecule has 19 heavy (non-hydrogen) atoms. The fourth-order valence-electron chi connectivity index (χ4n) is 1.59. The number of halogens is 1. The van der Waals surface area contributed by atoms with Crippen molar-refractivity contribution in [2.24, 2.45) is 5.73 Å². The summed E-state index contributed by atoms with van der Waals surface area (Å²) in [5.41, 5.74) is 6.63. The van der Waals surface area contributed by atoms with Crippen LogP contribution < -0.4 is 16.4 Å². The van der Waals surface area contributed by atoms with E-state index in [-0.39, 0.29) is 24.2 Å². The van der Waals surface area contributed by atoms with Gasteiger partial charge in [-0.1, -0.05) is 25.5 Å². The minimum Gasteiger partial charge on any atom is -0.355 e. The summed E-state index contributed by atoms with van der Waals surface area (Å²) in [6, 6.07) is 6.29. The number of rotatable bonds is 5. The third-order valence-electron chi connectivity index (χ3n) is 2.59. The Hall–Kier alpha value is -1.59. The monoisotopic (exact) mass is 285 g/mol. The van der Waals surface area contributed by atoms with Gasteiger partial charge in [-0.15, -0.1) is 12.4 Å². The zero-order valence-electron chi connectivity index (χ0n) is 11.1. The summed E-state index contributed by atoms with van der Waals surface area (Å²) in [6.07, 6.45) is 1.46. The molecule has 1 rings (SSSR count). The van der Waals surface area contributed by atoms with Crippen LogP contribution in [0.4, 0.5) is 5.69 Å². The van der Waals surface area contributed by atoms with Crippen molar-refractivity contribution in [1.29, 1.82) is 0 Å². The normalized spacial score (nSPS) is 11.1. The fraction of sp³-hybridized carbons (Fsp3) is 0.385. The standard InChI is InChI=1S/C13H19N3O2.ClH/c1-3-6-10(14)13(18)16-11-8-5-4-7-9(11)12(17)15-2;/h4-5,7-8,10H,3,6,14H2,1-2H3,(H,15,17)(H,16,18);1H. The molecule has 1 aromatic carbocycles. The van der Waals surface area contributed by atoms with Crippen LogP contribution in [0.2, 0.25) is 0 Å². The Labute approximate surface area is 119 Å². The van der Waals surface area contributed by atoms with Crippen molar-refractivity contribution in [1.82, 2.24) is 5.32 Å². The molecule has 1 atom stereocenters. The van der Waals surface area contributed by atoms with Gasteiger partial charge in [0.25, 0.3) is 5.91 Å². The Kier molecular flexibility index (Phi) is 7.79. The highest BCUT2D eigenvalue weighted by Crippen LogP contribution is 2.15. The molecule has 0 aliphatic carbocycles. The largest absolute Gasteiger partial charge is 0.355 e. The topological polar surface area (TPSA) is 84.2 Å². The lowest BCUT2D eigenvalue weighted by atomic mass is 10.1. The number of para-hydroxylation sites is 1. The van der Waals surface area contributed by atoms with E-state index in [0.29, 0.717) is 17.7 Å². The zero-order valence-corrected chi connectivity index (χ0v) is 11.9. The molecule has 0 spiro atoms. The first kappa shape index (κ1) is 17.4. The summed E-state index contributed by atoms with van der Waals surface area (Å²) >= 11 is 0. The molecule has 2 amide bonds. The number of amides is 2. The number of nitrogens with two attached hydrogens (primary N) is 1. The molecule has 4 N–H and O–H groups in total. The molecular weight excluding hydrogens is 266 g/mol. The van der Waals surface area contributed by atoms with Crippen molar-refractivity contribution in [3.63, 3.8) is 0 Å². The van der Waals surface area contributed by atoms with E-state index in [0.717, 1.165) is 6.42 Å². The van der Waals surface area contributed by atoms with Crippen molar-refractivity contribution < 1.29 is 9.59 Å². The summed E-state index contributed by atoms with van der Waals surface area (Å²) in [7, 11) is 1.55. The second-order valence-electron chi connectivity index (χ2n) is 4.01. The quantitative estimate of drug-likeness (QED) is 0.767. The minimum atomic E-state index is -0.548. The first-order valence-electron chi connectivity index (χ1n) is 5.97. The number of benzene rings is 1. The lowest BCUT2D eigenvalue weighted by Gasteiger charge is -2.13.